The molecule has 0 aromatic carbocycles. The van der Waals surface area contributed by atoms with Crippen molar-refractivity contribution in [1.29, 1.82) is 0 Å². The van der Waals surface area contributed by atoms with E-state index in [4.69, 9.17) is 15.7 Å². The van der Waals surface area contributed by atoms with E-state index in [1.807, 2.05) is 0 Å². The average Bonchev–Trinajstić information content (AvgIpc) is 1.85. The molecule has 4 heteroatoms. The SMILES string of the molecule is [B]c1nc(C)c([B])[nH]1. The van der Waals surface area contributed by atoms with Crippen molar-refractivity contribution >= 4 is 27.0 Å². The van der Waals surface area contributed by atoms with Crippen LogP contribution in [0.3, 0.4) is 0 Å². The first kappa shape index (κ1) is 5.48. The Morgan fingerprint density at radius 3 is 2.25 bits per heavy atom. The second kappa shape index (κ2) is 1.69. The molecule has 1 aromatic heterocycles. The molecule has 0 bridgehead atoms. The Morgan fingerprint density at radius 2 is 2.12 bits per heavy atom. The van der Waals surface area contributed by atoms with Crippen molar-refractivity contribution < 1.29 is 0 Å². The number of nitrogens with one attached hydrogen (secondary N) is 1. The van der Waals surface area contributed by atoms with E-state index in [0.29, 0.717) is 11.3 Å². The zero-order valence-electron chi connectivity index (χ0n) is 4.60. The number of nitrogens with zero attached hydrogens (tertiary/aromatic N) is 1. The molecule has 1 N–H and O–H groups in total. The molecule has 0 fully saturated rings. The van der Waals surface area contributed by atoms with E-state index >= 15 is 0 Å². The lowest BCUT2D eigenvalue weighted by Gasteiger charge is -1.80. The molecule has 0 aliphatic heterocycles. The van der Waals surface area contributed by atoms with Gasteiger partial charge in [-0.1, -0.05) is 0 Å². The molecular formula is C4H4B2N2. The fourth-order valence-electron chi connectivity index (χ4n) is 0.497. The molecule has 0 aliphatic rings. The number of hydrogen-bond acceptors (Lipinski definition) is 1. The van der Waals surface area contributed by atoms with E-state index in [1.165, 1.54) is 0 Å². The molecule has 4 radical (unpaired) electrons. The van der Waals surface area contributed by atoms with Gasteiger partial charge in [-0.25, -0.2) is 0 Å². The van der Waals surface area contributed by atoms with Crippen molar-refractivity contribution in [3.05, 3.63) is 5.69 Å². The maximum atomic E-state index is 5.34. The lowest BCUT2D eigenvalue weighted by atomic mass is 10.0. The summed E-state index contributed by atoms with van der Waals surface area (Å²) in [5, 5.41) is 0. The second-order valence-corrected chi connectivity index (χ2v) is 1.62. The van der Waals surface area contributed by atoms with Gasteiger partial charge in [0.25, 0.3) is 0 Å². The molecule has 0 saturated heterocycles. The molecule has 2 nitrogen and oxygen atoms in total. The summed E-state index contributed by atoms with van der Waals surface area (Å²) >= 11 is 0. The van der Waals surface area contributed by atoms with Crippen LogP contribution in [0, 0.1) is 6.92 Å². The molecule has 0 atom stereocenters. The number of imidazole rings is 1. The van der Waals surface area contributed by atoms with Gasteiger partial charge in [0, 0.05) is 11.4 Å². The zero-order valence-corrected chi connectivity index (χ0v) is 4.60. The smallest absolute Gasteiger partial charge is 0.167 e. The molecule has 0 amide bonds. The first-order valence-electron chi connectivity index (χ1n) is 2.27. The summed E-state index contributed by atoms with van der Waals surface area (Å²) in [6, 6.07) is 0. The summed E-state index contributed by atoms with van der Waals surface area (Å²) in [6.07, 6.45) is 0. The van der Waals surface area contributed by atoms with Gasteiger partial charge in [-0.3, -0.25) is 4.98 Å². The van der Waals surface area contributed by atoms with Gasteiger partial charge in [0.1, 0.15) is 7.85 Å². The number of rotatable bonds is 0. The molecule has 0 aliphatic carbocycles. The van der Waals surface area contributed by atoms with Crippen LogP contribution in [-0.4, -0.2) is 25.7 Å². The Labute approximate surface area is 50.5 Å². The molecular weight excluding hydrogens is 97.7 g/mol. The normalized spacial score (nSPS) is 9.62. The van der Waals surface area contributed by atoms with Gasteiger partial charge in [0.15, 0.2) is 7.85 Å². The van der Waals surface area contributed by atoms with Crippen LogP contribution in [0.25, 0.3) is 0 Å². The first-order valence-corrected chi connectivity index (χ1v) is 2.27. The lowest BCUT2D eigenvalue weighted by molar-refractivity contribution is 1.31. The topological polar surface area (TPSA) is 28.7 Å². The van der Waals surface area contributed by atoms with Crippen LogP contribution in [0.5, 0.6) is 0 Å². The van der Waals surface area contributed by atoms with Crippen molar-refractivity contribution in [2.24, 2.45) is 0 Å². The summed E-state index contributed by atoms with van der Waals surface area (Å²) in [5.74, 6) is 0. The molecule has 0 saturated carbocycles. The minimum atomic E-state index is 0.375. The van der Waals surface area contributed by atoms with Crippen LogP contribution in [0.15, 0.2) is 0 Å². The standard InChI is InChI=1S/C4H4B2N2/c1-2-3(5)8-4(6)7-2/h1H3,(H,7,8). The maximum Gasteiger partial charge on any atom is 0.167 e. The number of aryl methyl sites for hydroxylation is 1. The Kier molecular flexibility index (Phi) is 1.16. The second-order valence-electron chi connectivity index (χ2n) is 1.62. The number of H-pyrrole nitrogens is 1. The van der Waals surface area contributed by atoms with Gasteiger partial charge in [-0.05, 0) is 12.5 Å². The van der Waals surface area contributed by atoms with E-state index in [0.717, 1.165) is 5.69 Å². The fraction of sp³-hybridized carbons (Fsp3) is 0.250. The molecule has 8 heavy (non-hydrogen) atoms. The maximum absolute atomic E-state index is 5.34. The Bertz CT molecular complexity index is 174. The summed E-state index contributed by atoms with van der Waals surface area (Å²) in [5.41, 5.74) is 1.67. The number of hydrogen-bond donors (Lipinski definition) is 1. The van der Waals surface area contributed by atoms with E-state index in [-0.39, 0.29) is 0 Å². The van der Waals surface area contributed by atoms with Gasteiger partial charge in [-0.15, -0.1) is 0 Å². The molecule has 1 aromatic rings. The van der Waals surface area contributed by atoms with Gasteiger partial charge >= 0.3 is 0 Å². The minimum absolute atomic E-state index is 0.375. The van der Waals surface area contributed by atoms with Crippen molar-refractivity contribution in [3.8, 4) is 0 Å². The van der Waals surface area contributed by atoms with Gasteiger partial charge < -0.3 is 4.98 Å². The van der Waals surface area contributed by atoms with Crippen LogP contribution in [0.2, 0.25) is 0 Å². The number of aromatic amines is 1. The van der Waals surface area contributed by atoms with Crippen LogP contribution in [0.1, 0.15) is 5.69 Å². The highest BCUT2D eigenvalue weighted by Gasteiger charge is 1.93. The lowest BCUT2D eigenvalue weighted by Crippen LogP contribution is -2.12. The van der Waals surface area contributed by atoms with E-state index < -0.39 is 0 Å². The third-order valence-electron chi connectivity index (χ3n) is 0.941. The van der Waals surface area contributed by atoms with E-state index in [9.17, 15) is 0 Å². The Hall–Kier alpha value is -0.660. The molecule has 0 spiro atoms. The van der Waals surface area contributed by atoms with Crippen LogP contribution in [0.4, 0.5) is 0 Å². The van der Waals surface area contributed by atoms with Gasteiger partial charge in [0.2, 0.25) is 0 Å². The summed E-state index contributed by atoms with van der Waals surface area (Å²) in [7, 11) is 10.6. The third-order valence-corrected chi connectivity index (χ3v) is 0.941. The first-order chi connectivity index (χ1) is 3.70. The summed E-state index contributed by atoms with van der Waals surface area (Å²) in [6.45, 7) is 1.79. The summed E-state index contributed by atoms with van der Waals surface area (Å²) in [4.78, 5) is 6.46. The summed E-state index contributed by atoms with van der Waals surface area (Å²) < 4.78 is 0. The highest BCUT2D eigenvalue weighted by Crippen LogP contribution is 1.74. The van der Waals surface area contributed by atoms with E-state index in [1.54, 1.807) is 6.92 Å². The Balaban J connectivity index is 3.14. The molecule has 36 valence electrons. The highest BCUT2D eigenvalue weighted by molar-refractivity contribution is 6.35. The molecule has 0 unspecified atom stereocenters. The zero-order chi connectivity index (χ0) is 6.15. The molecule has 1 rings (SSSR count). The quantitative estimate of drug-likeness (QED) is 0.388. The Morgan fingerprint density at radius 1 is 1.50 bits per heavy atom. The minimum Gasteiger partial charge on any atom is -0.365 e. The van der Waals surface area contributed by atoms with Crippen molar-refractivity contribution in [3.63, 3.8) is 0 Å². The van der Waals surface area contributed by atoms with Crippen LogP contribution in [-0.2, 0) is 0 Å². The average molecular weight is 102 g/mol. The van der Waals surface area contributed by atoms with Gasteiger partial charge in [-0.2, -0.15) is 0 Å². The molecule has 1 heterocycles. The largest absolute Gasteiger partial charge is 0.365 e. The highest BCUT2D eigenvalue weighted by atomic mass is 14.9. The van der Waals surface area contributed by atoms with Crippen molar-refractivity contribution in [2.75, 3.05) is 0 Å². The van der Waals surface area contributed by atoms with Crippen molar-refractivity contribution in [2.45, 2.75) is 6.92 Å². The van der Waals surface area contributed by atoms with Crippen LogP contribution >= 0.6 is 0 Å². The number of aromatic nitrogens is 2. The van der Waals surface area contributed by atoms with Crippen molar-refractivity contribution in [1.82, 2.24) is 9.97 Å². The monoisotopic (exact) mass is 102 g/mol. The van der Waals surface area contributed by atoms with Crippen LogP contribution < -0.4 is 11.3 Å². The predicted octanol–water partition coefficient (Wildman–Crippen LogP) is -1.69. The third kappa shape index (κ3) is 0.782. The van der Waals surface area contributed by atoms with Gasteiger partial charge in [0.05, 0.1) is 0 Å². The fourth-order valence-corrected chi connectivity index (χ4v) is 0.497. The predicted molar refractivity (Wildman–Crippen MR) is 34.1 cm³/mol. The van der Waals surface area contributed by atoms with E-state index in [2.05, 4.69) is 9.97 Å².